The molecule has 5 nitrogen and oxygen atoms in total. The third kappa shape index (κ3) is 3.45. The Morgan fingerprint density at radius 3 is 2.48 bits per heavy atom. The van der Waals surface area contributed by atoms with Crippen molar-refractivity contribution < 1.29 is 19.7 Å². The number of methoxy groups -OCH3 is 2. The van der Waals surface area contributed by atoms with Gasteiger partial charge in [0, 0.05) is 23.9 Å². The molecule has 0 aliphatic rings. The number of para-hydroxylation sites is 1. The molecule has 21 heavy (non-hydrogen) atoms. The first-order valence-electron chi connectivity index (χ1n) is 6.37. The van der Waals surface area contributed by atoms with Gasteiger partial charge in [-0.15, -0.1) is 0 Å². The molecule has 0 radical (unpaired) electrons. The Labute approximate surface area is 123 Å². The third-order valence-electron chi connectivity index (χ3n) is 3.02. The Bertz CT molecular complexity index is 653. The van der Waals surface area contributed by atoms with Crippen molar-refractivity contribution in [2.45, 2.75) is 6.54 Å². The Morgan fingerprint density at radius 1 is 1.05 bits per heavy atom. The van der Waals surface area contributed by atoms with E-state index in [4.69, 9.17) is 9.47 Å². The van der Waals surface area contributed by atoms with Gasteiger partial charge in [-0.2, -0.15) is 0 Å². The Balaban J connectivity index is 2.23. The first-order chi connectivity index (χ1) is 10.2. The maximum absolute atomic E-state index is 9.99. The van der Waals surface area contributed by atoms with Crippen molar-refractivity contribution in [3.8, 4) is 23.0 Å². The van der Waals surface area contributed by atoms with Crippen LogP contribution in [0.1, 0.15) is 11.1 Å². The van der Waals surface area contributed by atoms with Gasteiger partial charge in [-0.25, -0.2) is 0 Å². The summed E-state index contributed by atoms with van der Waals surface area (Å²) in [7, 11) is 3.02. The second-order valence-corrected chi connectivity index (χ2v) is 4.36. The number of aromatic hydroxyl groups is 2. The number of hydrogen-bond donors (Lipinski definition) is 2. The number of phenols is 2. The standard InChI is InChI=1S/C16H17NO4/c1-20-12-7-15(19)13(16(8-12)21-2)10-17-9-11-5-3-4-6-14(11)18/h3-8,10,18-19H,9H2,1-2H3. The van der Waals surface area contributed by atoms with E-state index in [1.54, 1.807) is 24.3 Å². The molecule has 0 saturated heterocycles. The minimum absolute atomic E-state index is 0.0206. The number of ether oxygens (including phenoxy) is 2. The first kappa shape index (κ1) is 14.7. The van der Waals surface area contributed by atoms with Crippen LogP contribution in [0.4, 0.5) is 0 Å². The number of hydrogen-bond acceptors (Lipinski definition) is 5. The molecule has 0 bridgehead atoms. The molecule has 0 atom stereocenters. The van der Waals surface area contributed by atoms with Gasteiger partial charge in [0.1, 0.15) is 23.0 Å². The predicted octanol–water partition coefficient (Wildman–Crippen LogP) is 2.73. The summed E-state index contributed by atoms with van der Waals surface area (Å²) in [5, 5.41) is 19.7. The zero-order valence-electron chi connectivity index (χ0n) is 11.9. The zero-order valence-corrected chi connectivity index (χ0v) is 11.9. The van der Waals surface area contributed by atoms with Gasteiger partial charge in [0.2, 0.25) is 0 Å². The molecule has 0 aromatic heterocycles. The van der Waals surface area contributed by atoms with Gasteiger partial charge in [0.25, 0.3) is 0 Å². The van der Waals surface area contributed by atoms with E-state index in [9.17, 15) is 10.2 Å². The SMILES string of the molecule is COc1cc(O)c(C=NCc2ccccc2O)c(OC)c1. The highest BCUT2D eigenvalue weighted by atomic mass is 16.5. The monoisotopic (exact) mass is 287 g/mol. The lowest BCUT2D eigenvalue weighted by atomic mass is 10.1. The summed E-state index contributed by atoms with van der Waals surface area (Å²) < 4.78 is 10.3. The molecular formula is C16H17NO4. The molecule has 0 unspecified atom stereocenters. The number of nitrogens with zero attached hydrogens (tertiary/aromatic N) is 1. The van der Waals surface area contributed by atoms with Crippen molar-refractivity contribution in [2.24, 2.45) is 4.99 Å². The van der Waals surface area contributed by atoms with Crippen molar-refractivity contribution in [1.82, 2.24) is 0 Å². The molecule has 0 spiro atoms. The number of aliphatic imine (C=N–C) groups is 1. The van der Waals surface area contributed by atoms with E-state index in [0.717, 1.165) is 0 Å². The van der Waals surface area contributed by atoms with E-state index in [1.807, 2.05) is 6.07 Å². The summed E-state index contributed by atoms with van der Waals surface area (Å²) in [5.74, 6) is 1.18. The van der Waals surface area contributed by atoms with Crippen molar-refractivity contribution in [2.75, 3.05) is 14.2 Å². The van der Waals surface area contributed by atoms with Crippen LogP contribution in [0, 0.1) is 0 Å². The van der Waals surface area contributed by atoms with Gasteiger partial charge in [-0.3, -0.25) is 4.99 Å². The smallest absolute Gasteiger partial charge is 0.135 e. The number of rotatable bonds is 5. The van der Waals surface area contributed by atoms with Crippen LogP contribution in [-0.4, -0.2) is 30.6 Å². The topological polar surface area (TPSA) is 71.3 Å². The fourth-order valence-electron chi connectivity index (χ4n) is 1.88. The third-order valence-corrected chi connectivity index (χ3v) is 3.02. The van der Waals surface area contributed by atoms with E-state index < -0.39 is 0 Å². The fourth-order valence-corrected chi connectivity index (χ4v) is 1.88. The molecule has 0 heterocycles. The van der Waals surface area contributed by atoms with Gasteiger partial charge in [0.05, 0.1) is 26.3 Å². The average Bonchev–Trinajstić information content (AvgIpc) is 2.50. The highest BCUT2D eigenvalue weighted by Gasteiger charge is 2.09. The second kappa shape index (κ2) is 6.65. The normalized spacial score (nSPS) is 10.8. The van der Waals surface area contributed by atoms with E-state index in [-0.39, 0.29) is 11.5 Å². The highest BCUT2D eigenvalue weighted by molar-refractivity contribution is 5.87. The lowest BCUT2D eigenvalue weighted by Gasteiger charge is -2.09. The van der Waals surface area contributed by atoms with Crippen molar-refractivity contribution in [1.29, 1.82) is 0 Å². The number of benzene rings is 2. The molecule has 5 heteroatoms. The Hall–Kier alpha value is -2.69. The minimum Gasteiger partial charge on any atom is -0.508 e. The van der Waals surface area contributed by atoms with Crippen LogP contribution in [0.3, 0.4) is 0 Å². The molecule has 2 aromatic carbocycles. The largest absolute Gasteiger partial charge is 0.508 e. The van der Waals surface area contributed by atoms with Crippen LogP contribution in [0.15, 0.2) is 41.4 Å². The van der Waals surface area contributed by atoms with Gasteiger partial charge >= 0.3 is 0 Å². The van der Waals surface area contributed by atoms with Crippen LogP contribution < -0.4 is 9.47 Å². The van der Waals surface area contributed by atoms with Crippen LogP contribution >= 0.6 is 0 Å². The summed E-state index contributed by atoms with van der Waals surface area (Å²) >= 11 is 0. The maximum atomic E-state index is 9.99. The molecule has 2 aromatic rings. The minimum atomic E-state index is 0.0206. The van der Waals surface area contributed by atoms with Gasteiger partial charge in [-0.1, -0.05) is 18.2 Å². The van der Waals surface area contributed by atoms with Gasteiger partial charge in [-0.05, 0) is 6.07 Å². The molecule has 0 aliphatic heterocycles. The molecule has 0 saturated carbocycles. The van der Waals surface area contributed by atoms with Crippen LogP contribution in [0.5, 0.6) is 23.0 Å². The zero-order chi connectivity index (χ0) is 15.2. The molecular weight excluding hydrogens is 270 g/mol. The maximum Gasteiger partial charge on any atom is 0.135 e. The summed E-state index contributed by atoms with van der Waals surface area (Å²) in [5.41, 5.74) is 1.18. The summed E-state index contributed by atoms with van der Waals surface area (Å²) in [6, 6.07) is 10.1. The lowest BCUT2D eigenvalue weighted by Crippen LogP contribution is -1.94. The molecule has 2 N–H and O–H groups in total. The molecule has 2 rings (SSSR count). The van der Waals surface area contributed by atoms with Gasteiger partial charge in [0.15, 0.2) is 0 Å². The number of phenolic OH excluding ortho intramolecular Hbond substituents is 2. The van der Waals surface area contributed by atoms with Crippen LogP contribution in [0.25, 0.3) is 0 Å². The van der Waals surface area contributed by atoms with E-state index >= 15 is 0 Å². The summed E-state index contributed by atoms with van der Waals surface area (Å²) in [6.07, 6.45) is 1.51. The van der Waals surface area contributed by atoms with Crippen molar-refractivity contribution in [3.05, 3.63) is 47.5 Å². The lowest BCUT2D eigenvalue weighted by molar-refractivity contribution is 0.384. The highest BCUT2D eigenvalue weighted by Crippen LogP contribution is 2.32. The second-order valence-electron chi connectivity index (χ2n) is 4.36. The first-order valence-corrected chi connectivity index (χ1v) is 6.37. The van der Waals surface area contributed by atoms with E-state index in [2.05, 4.69) is 4.99 Å². The summed E-state index contributed by atoms with van der Waals surface area (Å²) in [6.45, 7) is 0.307. The molecule has 0 amide bonds. The van der Waals surface area contributed by atoms with Gasteiger partial charge < -0.3 is 19.7 Å². The quantitative estimate of drug-likeness (QED) is 0.829. The molecule has 110 valence electrons. The van der Waals surface area contributed by atoms with E-state index in [1.165, 1.54) is 26.5 Å². The van der Waals surface area contributed by atoms with Crippen molar-refractivity contribution >= 4 is 6.21 Å². The van der Waals surface area contributed by atoms with Crippen LogP contribution in [0.2, 0.25) is 0 Å². The van der Waals surface area contributed by atoms with Crippen LogP contribution in [-0.2, 0) is 6.54 Å². The molecule has 0 aliphatic carbocycles. The fraction of sp³-hybridized carbons (Fsp3) is 0.188. The molecule has 0 fully saturated rings. The van der Waals surface area contributed by atoms with E-state index in [0.29, 0.717) is 29.2 Å². The van der Waals surface area contributed by atoms with Crippen molar-refractivity contribution in [3.63, 3.8) is 0 Å². The average molecular weight is 287 g/mol. The predicted molar refractivity (Wildman–Crippen MR) is 80.6 cm³/mol. The Morgan fingerprint density at radius 2 is 1.81 bits per heavy atom. The summed E-state index contributed by atoms with van der Waals surface area (Å²) in [4.78, 5) is 4.23. The Kier molecular flexibility index (Phi) is 4.66.